The average molecular weight is 405 g/mol. The summed E-state index contributed by atoms with van der Waals surface area (Å²) in [6.07, 6.45) is 10.6. The fraction of sp³-hybridized carbons (Fsp3) is 0.476. The van der Waals surface area contributed by atoms with Gasteiger partial charge < -0.3 is 19.7 Å². The molecule has 0 amide bonds. The predicted molar refractivity (Wildman–Crippen MR) is 107 cm³/mol. The van der Waals surface area contributed by atoms with Gasteiger partial charge in [0.25, 0.3) is 12.9 Å². The van der Waals surface area contributed by atoms with E-state index in [-0.39, 0.29) is 18.8 Å². The minimum atomic E-state index is -0.250. The number of nitrogens with zero attached hydrogens (tertiary/aromatic N) is 3. The van der Waals surface area contributed by atoms with Crippen molar-refractivity contribution in [3.63, 3.8) is 0 Å². The molecule has 2 fully saturated rings. The lowest BCUT2D eigenvalue weighted by Crippen LogP contribution is -2.49. The van der Waals surface area contributed by atoms with Gasteiger partial charge in [0.15, 0.2) is 0 Å². The molecule has 2 N–H and O–H groups in total. The largest absolute Gasteiger partial charge is 0.483 e. The van der Waals surface area contributed by atoms with Gasteiger partial charge in [-0.1, -0.05) is 6.42 Å². The molecule has 0 saturated carbocycles. The minimum absolute atomic E-state index is 0.197. The lowest BCUT2D eigenvalue weighted by atomic mass is 9.83. The van der Waals surface area contributed by atoms with Crippen LogP contribution in [0, 0.1) is 11.7 Å². The molecule has 2 aliphatic heterocycles. The zero-order valence-corrected chi connectivity index (χ0v) is 16.4. The van der Waals surface area contributed by atoms with E-state index in [0.29, 0.717) is 5.92 Å². The summed E-state index contributed by atoms with van der Waals surface area (Å²) in [5.41, 5.74) is 0.993. The fourth-order valence-corrected chi connectivity index (χ4v) is 4.36. The van der Waals surface area contributed by atoms with Gasteiger partial charge in [-0.05, 0) is 69.0 Å². The Bertz CT molecular complexity index is 743. The number of benzene rings is 1. The quantitative estimate of drug-likeness (QED) is 0.761. The maximum atomic E-state index is 13.2. The normalized spacial score (nSPS) is 20.9. The minimum Gasteiger partial charge on any atom is -0.483 e. The molecule has 2 aliphatic rings. The molecule has 158 valence electrons. The number of hydrogen-bond donors (Lipinski definition) is 2. The summed E-state index contributed by atoms with van der Waals surface area (Å²) in [7, 11) is 0. The van der Waals surface area contributed by atoms with E-state index in [4.69, 9.17) is 19.8 Å². The Morgan fingerprint density at radius 3 is 2.38 bits per heavy atom. The molecule has 8 heteroatoms. The molecule has 4 rings (SSSR count). The van der Waals surface area contributed by atoms with E-state index < -0.39 is 0 Å². The van der Waals surface area contributed by atoms with E-state index in [2.05, 4.69) is 20.6 Å². The Morgan fingerprint density at radius 1 is 1.03 bits per heavy atom. The van der Waals surface area contributed by atoms with Crippen LogP contribution in [0.3, 0.4) is 0 Å². The Hall–Kier alpha value is -2.74. The highest BCUT2D eigenvalue weighted by Crippen LogP contribution is 2.32. The maximum Gasteiger partial charge on any atom is 0.290 e. The third-order valence-electron chi connectivity index (χ3n) is 5.48. The third kappa shape index (κ3) is 6.39. The highest BCUT2D eigenvalue weighted by molar-refractivity contribution is 5.55. The van der Waals surface area contributed by atoms with Gasteiger partial charge in [0, 0.05) is 30.5 Å². The fourth-order valence-electron chi connectivity index (χ4n) is 4.36. The van der Waals surface area contributed by atoms with Crippen LogP contribution < -0.4 is 0 Å². The number of carbonyl (C=O) groups is 2. The van der Waals surface area contributed by atoms with Gasteiger partial charge in [-0.15, -0.1) is 0 Å². The third-order valence-corrected chi connectivity index (χ3v) is 5.48. The molecule has 0 radical (unpaired) electrons. The van der Waals surface area contributed by atoms with Gasteiger partial charge in [0.1, 0.15) is 11.6 Å². The van der Waals surface area contributed by atoms with E-state index in [1.165, 1.54) is 57.3 Å². The maximum absolute atomic E-state index is 13.2. The number of rotatable bonds is 3. The van der Waals surface area contributed by atoms with E-state index in [9.17, 15) is 4.39 Å². The second kappa shape index (κ2) is 12.0. The van der Waals surface area contributed by atoms with Crippen molar-refractivity contribution >= 4 is 12.9 Å². The van der Waals surface area contributed by atoms with Crippen LogP contribution in [0.1, 0.15) is 32.1 Å². The van der Waals surface area contributed by atoms with Gasteiger partial charge in [-0.2, -0.15) is 0 Å². The van der Waals surface area contributed by atoms with E-state index in [1.54, 1.807) is 0 Å². The summed E-state index contributed by atoms with van der Waals surface area (Å²) in [6, 6.07) is 7.40. The van der Waals surface area contributed by atoms with Gasteiger partial charge >= 0.3 is 0 Å². The van der Waals surface area contributed by atoms with Crippen molar-refractivity contribution in [3.8, 4) is 11.4 Å². The highest BCUT2D eigenvalue weighted by Gasteiger charge is 2.33. The number of carboxylic acid groups (broad SMARTS) is 2. The number of aromatic nitrogens is 2. The van der Waals surface area contributed by atoms with Crippen molar-refractivity contribution in [3.05, 3.63) is 42.5 Å². The molecule has 0 bridgehead atoms. The van der Waals surface area contributed by atoms with Crippen molar-refractivity contribution in [2.45, 2.75) is 44.7 Å². The molecule has 1 aromatic carbocycles. The Kier molecular flexibility index (Phi) is 9.30. The molecule has 3 heterocycles. The lowest BCUT2D eigenvalue weighted by molar-refractivity contribution is -0.123. The number of piperidine rings is 2. The number of fused-ring (bicyclic) bond motifs is 1. The number of imidazole rings is 1. The van der Waals surface area contributed by atoms with Crippen LogP contribution in [0.15, 0.2) is 36.7 Å². The zero-order chi connectivity index (χ0) is 21.1. The van der Waals surface area contributed by atoms with E-state index in [1.807, 2.05) is 18.3 Å². The number of halogens is 1. The Labute approximate surface area is 169 Å². The van der Waals surface area contributed by atoms with Gasteiger partial charge in [-0.25, -0.2) is 9.37 Å². The lowest BCUT2D eigenvalue weighted by Gasteiger charge is -2.44. The molecule has 0 unspecified atom stereocenters. The van der Waals surface area contributed by atoms with Gasteiger partial charge in [0.05, 0.1) is 0 Å². The first-order valence-electron chi connectivity index (χ1n) is 9.81. The highest BCUT2D eigenvalue weighted by atomic mass is 19.1. The zero-order valence-electron chi connectivity index (χ0n) is 16.4. The number of hydrogen-bond acceptors (Lipinski definition) is 4. The standard InChI is InChI=1S/C19H24FN3.2CH2O2/c20-17-8-6-15(7-9-17)19-21-10-13-23(19)14-16-4-3-12-22-11-2-1-5-18(16)22;2*2-1-3/h6-10,13,16,18H,1-5,11-12,14H2;2*1H,(H,2,3)/t16-,18+;;/m0../s1. The molecule has 2 saturated heterocycles. The second-order valence-corrected chi connectivity index (χ2v) is 7.12. The average Bonchev–Trinajstić information content (AvgIpc) is 3.18. The van der Waals surface area contributed by atoms with Crippen molar-refractivity contribution in [2.75, 3.05) is 13.1 Å². The first kappa shape index (κ1) is 22.5. The molecular weight excluding hydrogens is 377 g/mol. The Morgan fingerprint density at radius 2 is 1.69 bits per heavy atom. The van der Waals surface area contributed by atoms with Gasteiger partial charge in [-0.3, -0.25) is 9.59 Å². The van der Waals surface area contributed by atoms with E-state index >= 15 is 0 Å². The summed E-state index contributed by atoms with van der Waals surface area (Å²) in [4.78, 5) is 23.9. The first-order valence-corrected chi connectivity index (χ1v) is 9.81. The SMILES string of the molecule is Fc1ccc(-c2nccn2C[C@@H]2CCCN3CCCC[C@H]23)cc1.O=CO.O=CO. The first-order chi connectivity index (χ1) is 14.1. The van der Waals surface area contributed by atoms with Crippen LogP contribution in [-0.4, -0.2) is 56.7 Å². The molecule has 2 atom stereocenters. The van der Waals surface area contributed by atoms with E-state index in [0.717, 1.165) is 24.0 Å². The molecule has 1 aromatic heterocycles. The molecule has 0 aliphatic carbocycles. The van der Waals surface area contributed by atoms with Gasteiger partial charge in [0.2, 0.25) is 0 Å². The van der Waals surface area contributed by atoms with Crippen molar-refractivity contribution in [2.24, 2.45) is 5.92 Å². The van der Waals surface area contributed by atoms with Crippen LogP contribution in [0.4, 0.5) is 4.39 Å². The topological polar surface area (TPSA) is 95.7 Å². The van der Waals surface area contributed by atoms with Crippen LogP contribution in [0.25, 0.3) is 11.4 Å². The molecule has 2 aromatic rings. The van der Waals surface area contributed by atoms with Crippen molar-refractivity contribution in [1.29, 1.82) is 0 Å². The van der Waals surface area contributed by atoms with Crippen LogP contribution in [0.5, 0.6) is 0 Å². The molecular formula is C21H28FN3O4. The van der Waals surface area contributed by atoms with Crippen LogP contribution in [-0.2, 0) is 16.1 Å². The molecule has 0 spiro atoms. The summed E-state index contributed by atoms with van der Waals surface area (Å²) in [6.45, 7) is 3.07. The van der Waals surface area contributed by atoms with Crippen LogP contribution in [0.2, 0.25) is 0 Å². The predicted octanol–water partition coefficient (Wildman–Crippen LogP) is 3.36. The summed E-state index contributed by atoms with van der Waals surface area (Å²) >= 11 is 0. The van der Waals surface area contributed by atoms with Crippen molar-refractivity contribution < 1.29 is 24.2 Å². The molecule has 7 nitrogen and oxygen atoms in total. The van der Waals surface area contributed by atoms with Crippen molar-refractivity contribution in [1.82, 2.24) is 14.5 Å². The Balaban J connectivity index is 0.000000449. The summed E-state index contributed by atoms with van der Waals surface area (Å²) < 4.78 is 15.4. The van der Waals surface area contributed by atoms with Crippen LogP contribution >= 0.6 is 0 Å². The second-order valence-electron chi connectivity index (χ2n) is 7.12. The monoisotopic (exact) mass is 405 g/mol. The molecule has 29 heavy (non-hydrogen) atoms. The summed E-state index contributed by atoms with van der Waals surface area (Å²) in [5, 5.41) is 13.8. The smallest absolute Gasteiger partial charge is 0.290 e. The summed E-state index contributed by atoms with van der Waals surface area (Å²) in [5.74, 6) is 1.47.